The Labute approximate surface area is 108 Å². The van der Waals surface area contributed by atoms with Crippen molar-refractivity contribution in [2.24, 2.45) is 7.05 Å². The second-order valence-electron chi connectivity index (χ2n) is 3.06. The van der Waals surface area contributed by atoms with E-state index in [0.717, 1.165) is 11.8 Å². The van der Waals surface area contributed by atoms with Crippen molar-refractivity contribution in [1.82, 2.24) is 20.2 Å². The number of hydrogen-bond donors (Lipinski definition) is 0. The van der Waals surface area contributed by atoms with E-state index < -0.39 is 4.92 Å². The SMILES string of the molecule is Cn1nnnc1Sc1ccc(Br)cc1[N+](=O)[O-]. The second kappa shape index (κ2) is 4.80. The van der Waals surface area contributed by atoms with Crippen LogP contribution in [0.5, 0.6) is 0 Å². The summed E-state index contributed by atoms with van der Waals surface area (Å²) in [5.41, 5.74) is 0.0207. The van der Waals surface area contributed by atoms with E-state index in [0.29, 0.717) is 14.5 Å². The Morgan fingerprint density at radius 1 is 1.53 bits per heavy atom. The summed E-state index contributed by atoms with van der Waals surface area (Å²) in [6, 6.07) is 4.84. The van der Waals surface area contributed by atoms with E-state index in [1.54, 1.807) is 19.2 Å². The minimum atomic E-state index is -0.434. The number of nitro groups is 1. The standard InChI is InChI=1S/C8H6BrN5O2S/c1-13-8(10-11-12-13)17-7-3-2-5(9)4-6(7)14(15)16/h2-4H,1H3. The Kier molecular flexibility index (Phi) is 3.38. The van der Waals surface area contributed by atoms with Crippen LogP contribution in [0, 0.1) is 10.1 Å². The maximum absolute atomic E-state index is 10.9. The van der Waals surface area contributed by atoms with Crippen molar-refractivity contribution in [2.75, 3.05) is 0 Å². The lowest BCUT2D eigenvalue weighted by atomic mass is 10.3. The van der Waals surface area contributed by atoms with Gasteiger partial charge in [0.25, 0.3) is 5.69 Å². The Hall–Kier alpha value is -1.48. The van der Waals surface area contributed by atoms with Crippen LogP contribution >= 0.6 is 27.7 Å². The second-order valence-corrected chi connectivity index (χ2v) is 4.98. The first-order valence-corrected chi connectivity index (χ1v) is 6.03. The van der Waals surface area contributed by atoms with Crippen LogP contribution in [-0.4, -0.2) is 25.1 Å². The molecule has 2 rings (SSSR count). The molecule has 7 nitrogen and oxygen atoms in total. The van der Waals surface area contributed by atoms with Crippen LogP contribution in [0.25, 0.3) is 0 Å². The number of rotatable bonds is 3. The summed E-state index contributed by atoms with van der Waals surface area (Å²) in [6.45, 7) is 0. The molecule has 88 valence electrons. The van der Waals surface area contributed by atoms with Crippen LogP contribution < -0.4 is 0 Å². The summed E-state index contributed by atoms with van der Waals surface area (Å²) in [5, 5.41) is 22.3. The van der Waals surface area contributed by atoms with E-state index in [-0.39, 0.29) is 5.69 Å². The molecular formula is C8H6BrN5O2S. The van der Waals surface area contributed by atoms with Crippen molar-refractivity contribution < 1.29 is 4.92 Å². The van der Waals surface area contributed by atoms with Gasteiger partial charge in [-0.3, -0.25) is 10.1 Å². The molecule has 0 aliphatic heterocycles. The van der Waals surface area contributed by atoms with Crippen molar-refractivity contribution >= 4 is 33.4 Å². The highest BCUT2D eigenvalue weighted by Gasteiger charge is 2.17. The van der Waals surface area contributed by atoms with Gasteiger partial charge in [-0.25, -0.2) is 4.68 Å². The summed E-state index contributed by atoms with van der Waals surface area (Å²) >= 11 is 4.35. The molecule has 0 saturated carbocycles. The summed E-state index contributed by atoms with van der Waals surface area (Å²) in [7, 11) is 1.67. The van der Waals surface area contributed by atoms with Gasteiger partial charge >= 0.3 is 0 Å². The molecule has 0 fully saturated rings. The van der Waals surface area contributed by atoms with Gasteiger partial charge in [0.2, 0.25) is 5.16 Å². The fourth-order valence-electron chi connectivity index (χ4n) is 1.13. The normalized spacial score (nSPS) is 10.5. The van der Waals surface area contributed by atoms with Gasteiger partial charge in [0.05, 0.1) is 9.82 Å². The van der Waals surface area contributed by atoms with Crippen molar-refractivity contribution in [3.63, 3.8) is 0 Å². The van der Waals surface area contributed by atoms with Gasteiger partial charge in [-0.15, -0.1) is 5.10 Å². The number of hydrogen-bond acceptors (Lipinski definition) is 6. The van der Waals surface area contributed by atoms with Crippen LogP contribution in [-0.2, 0) is 7.05 Å². The highest BCUT2D eigenvalue weighted by atomic mass is 79.9. The summed E-state index contributed by atoms with van der Waals surface area (Å²) in [6.07, 6.45) is 0. The predicted molar refractivity (Wildman–Crippen MR) is 63.7 cm³/mol. The number of aryl methyl sites for hydroxylation is 1. The smallest absolute Gasteiger partial charge is 0.258 e. The summed E-state index contributed by atoms with van der Waals surface area (Å²) in [4.78, 5) is 11.0. The van der Waals surface area contributed by atoms with Gasteiger partial charge < -0.3 is 0 Å². The van der Waals surface area contributed by atoms with Gasteiger partial charge in [0.1, 0.15) is 0 Å². The van der Waals surface area contributed by atoms with E-state index in [1.165, 1.54) is 10.7 Å². The minimum Gasteiger partial charge on any atom is -0.258 e. The first-order chi connectivity index (χ1) is 8.08. The topological polar surface area (TPSA) is 86.7 Å². The van der Waals surface area contributed by atoms with Crippen molar-refractivity contribution in [1.29, 1.82) is 0 Å². The Morgan fingerprint density at radius 3 is 2.88 bits per heavy atom. The van der Waals surface area contributed by atoms with Crippen LogP contribution in [0.3, 0.4) is 0 Å². The lowest BCUT2D eigenvalue weighted by Gasteiger charge is -2.01. The largest absolute Gasteiger partial charge is 0.284 e. The molecule has 0 spiro atoms. The molecule has 1 aromatic heterocycles. The molecule has 0 unspecified atom stereocenters. The third kappa shape index (κ3) is 2.61. The van der Waals surface area contributed by atoms with E-state index in [4.69, 9.17) is 0 Å². The molecule has 1 heterocycles. The van der Waals surface area contributed by atoms with Gasteiger partial charge in [-0.05, 0) is 34.3 Å². The average Bonchev–Trinajstić information content (AvgIpc) is 2.67. The highest BCUT2D eigenvalue weighted by Crippen LogP contribution is 2.34. The molecule has 0 amide bonds. The third-order valence-corrected chi connectivity index (χ3v) is 3.49. The van der Waals surface area contributed by atoms with E-state index in [1.807, 2.05) is 0 Å². The number of nitrogens with zero attached hydrogens (tertiary/aromatic N) is 5. The van der Waals surface area contributed by atoms with Crippen molar-refractivity contribution in [2.45, 2.75) is 10.1 Å². The van der Waals surface area contributed by atoms with Crippen LogP contribution in [0.15, 0.2) is 32.7 Å². The van der Waals surface area contributed by atoms with E-state index in [9.17, 15) is 10.1 Å². The molecule has 1 aromatic carbocycles. The van der Waals surface area contributed by atoms with Crippen LogP contribution in [0.1, 0.15) is 0 Å². The molecule has 0 N–H and O–H groups in total. The molecule has 0 radical (unpaired) electrons. The average molecular weight is 316 g/mol. The number of nitro benzene ring substituents is 1. The summed E-state index contributed by atoms with van der Waals surface area (Å²) < 4.78 is 2.11. The molecule has 0 atom stereocenters. The zero-order valence-corrected chi connectivity index (χ0v) is 11.0. The van der Waals surface area contributed by atoms with E-state index >= 15 is 0 Å². The fourth-order valence-corrected chi connectivity index (χ4v) is 2.29. The fraction of sp³-hybridized carbons (Fsp3) is 0.125. The van der Waals surface area contributed by atoms with Gasteiger partial charge in [0, 0.05) is 17.6 Å². The number of tetrazole rings is 1. The summed E-state index contributed by atoms with van der Waals surface area (Å²) in [5.74, 6) is 0. The van der Waals surface area contributed by atoms with Gasteiger partial charge in [-0.1, -0.05) is 15.9 Å². The Morgan fingerprint density at radius 2 is 2.29 bits per heavy atom. The molecule has 0 bridgehead atoms. The van der Waals surface area contributed by atoms with Crippen molar-refractivity contribution in [3.8, 4) is 0 Å². The zero-order chi connectivity index (χ0) is 12.4. The molecule has 17 heavy (non-hydrogen) atoms. The number of halogens is 1. The maximum atomic E-state index is 10.9. The molecule has 0 aliphatic carbocycles. The van der Waals surface area contributed by atoms with E-state index in [2.05, 4.69) is 31.5 Å². The first-order valence-electron chi connectivity index (χ1n) is 4.42. The van der Waals surface area contributed by atoms with Crippen LogP contribution in [0.4, 0.5) is 5.69 Å². The molecule has 0 saturated heterocycles. The lowest BCUT2D eigenvalue weighted by molar-refractivity contribution is -0.387. The molecule has 0 aliphatic rings. The third-order valence-electron chi connectivity index (χ3n) is 1.90. The molecular weight excluding hydrogens is 310 g/mol. The minimum absolute atomic E-state index is 0.0207. The van der Waals surface area contributed by atoms with Gasteiger partial charge in [0.15, 0.2) is 0 Å². The molecule has 9 heteroatoms. The highest BCUT2D eigenvalue weighted by molar-refractivity contribution is 9.10. The monoisotopic (exact) mass is 315 g/mol. The number of benzene rings is 1. The zero-order valence-electron chi connectivity index (χ0n) is 8.57. The maximum Gasteiger partial charge on any atom is 0.284 e. The predicted octanol–water partition coefficient (Wildman–Crippen LogP) is 2.03. The molecule has 2 aromatic rings. The quantitative estimate of drug-likeness (QED) is 0.636. The number of aromatic nitrogens is 4. The first kappa shape index (κ1) is 12.0. The lowest BCUT2D eigenvalue weighted by Crippen LogP contribution is -1.95. The Bertz CT molecular complexity index is 573. The van der Waals surface area contributed by atoms with Gasteiger partial charge in [-0.2, -0.15) is 0 Å². The van der Waals surface area contributed by atoms with Crippen LogP contribution in [0.2, 0.25) is 0 Å². The van der Waals surface area contributed by atoms with Crippen molar-refractivity contribution in [3.05, 3.63) is 32.8 Å². The Balaban J connectivity index is 2.39.